The van der Waals surface area contributed by atoms with Crippen LogP contribution in [0, 0.1) is 0 Å². The zero-order chi connectivity index (χ0) is 19.1. The second-order valence-electron chi connectivity index (χ2n) is 7.33. The Morgan fingerprint density at radius 1 is 1.04 bits per heavy atom. The highest BCUT2D eigenvalue weighted by Gasteiger charge is 2.44. The zero-order valence-corrected chi connectivity index (χ0v) is 15.5. The van der Waals surface area contributed by atoms with Gasteiger partial charge in [-0.05, 0) is 36.1 Å². The lowest BCUT2D eigenvalue weighted by Gasteiger charge is -2.39. The maximum absolute atomic E-state index is 5.68. The molecule has 0 atom stereocenters. The van der Waals surface area contributed by atoms with Crippen molar-refractivity contribution >= 4 is 5.82 Å². The Balaban J connectivity index is 1.47. The van der Waals surface area contributed by atoms with Gasteiger partial charge in [0.15, 0.2) is 5.82 Å². The number of nitrogen functional groups attached to an aromatic ring is 1. The summed E-state index contributed by atoms with van der Waals surface area (Å²) in [6.07, 6.45) is 8.57. The molecule has 1 fully saturated rings. The van der Waals surface area contributed by atoms with Gasteiger partial charge in [-0.25, -0.2) is 9.97 Å². The number of anilines is 1. The Kier molecular flexibility index (Phi) is 3.75. The number of aryl methyl sites for hydroxylation is 1. The Morgan fingerprint density at radius 3 is 2.43 bits per heavy atom. The highest BCUT2D eigenvalue weighted by Crippen LogP contribution is 2.48. The van der Waals surface area contributed by atoms with Crippen molar-refractivity contribution < 1.29 is 4.52 Å². The predicted molar refractivity (Wildman–Crippen MR) is 105 cm³/mol. The number of aromatic nitrogens is 5. The van der Waals surface area contributed by atoms with Crippen LogP contribution in [0.5, 0.6) is 0 Å². The third-order valence-electron chi connectivity index (χ3n) is 5.54. The fourth-order valence-electron chi connectivity index (χ4n) is 3.77. The van der Waals surface area contributed by atoms with E-state index in [4.69, 9.17) is 10.3 Å². The molecule has 3 aromatic heterocycles. The standard InChI is InChI=1S/C21H20N6O/c1-27-12-17(24-13-27)19-25-20(26-28-19)21(9-2-10-21)16-6-3-14(4-7-16)15-5-8-18(22)23-11-15/h3-8,11-13H,2,9-10H2,1H3,(H2,22,23). The van der Waals surface area contributed by atoms with Gasteiger partial charge in [-0.1, -0.05) is 35.8 Å². The third-order valence-corrected chi connectivity index (χ3v) is 5.54. The minimum Gasteiger partial charge on any atom is -0.384 e. The van der Waals surface area contributed by atoms with Crippen molar-refractivity contribution in [3.05, 3.63) is 66.5 Å². The Labute approximate surface area is 162 Å². The van der Waals surface area contributed by atoms with Crippen LogP contribution in [0.25, 0.3) is 22.7 Å². The molecule has 1 aliphatic rings. The summed E-state index contributed by atoms with van der Waals surface area (Å²) in [7, 11) is 1.92. The van der Waals surface area contributed by atoms with Gasteiger partial charge in [-0.3, -0.25) is 0 Å². The molecule has 0 aliphatic heterocycles. The summed E-state index contributed by atoms with van der Waals surface area (Å²) in [4.78, 5) is 13.2. The first-order valence-corrected chi connectivity index (χ1v) is 9.29. The van der Waals surface area contributed by atoms with Gasteiger partial charge in [0.1, 0.15) is 11.5 Å². The van der Waals surface area contributed by atoms with E-state index in [2.05, 4.69) is 44.4 Å². The van der Waals surface area contributed by atoms with Crippen LogP contribution in [-0.2, 0) is 12.5 Å². The normalized spacial score (nSPS) is 15.3. The summed E-state index contributed by atoms with van der Waals surface area (Å²) in [5.41, 5.74) is 9.55. The first-order valence-electron chi connectivity index (χ1n) is 9.29. The molecule has 28 heavy (non-hydrogen) atoms. The van der Waals surface area contributed by atoms with Crippen LogP contribution in [0.3, 0.4) is 0 Å². The zero-order valence-electron chi connectivity index (χ0n) is 15.5. The molecule has 1 aromatic carbocycles. The van der Waals surface area contributed by atoms with Crippen molar-refractivity contribution in [3.8, 4) is 22.7 Å². The molecule has 7 heteroatoms. The molecule has 4 aromatic rings. The third kappa shape index (κ3) is 2.67. The van der Waals surface area contributed by atoms with Gasteiger partial charge in [0.2, 0.25) is 0 Å². The number of nitrogens with zero attached hydrogens (tertiary/aromatic N) is 5. The van der Waals surface area contributed by atoms with E-state index < -0.39 is 0 Å². The number of pyridine rings is 1. The monoisotopic (exact) mass is 372 g/mol. The molecule has 0 saturated heterocycles. The average molecular weight is 372 g/mol. The maximum Gasteiger partial charge on any atom is 0.278 e. The van der Waals surface area contributed by atoms with Gasteiger partial charge < -0.3 is 14.8 Å². The van der Waals surface area contributed by atoms with Gasteiger partial charge in [0.25, 0.3) is 5.89 Å². The molecule has 5 rings (SSSR count). The van der Waals surface area contributed by atoms with E-state index in [1.807, 2.05) is 29.9 Å². The molecule has 2 N–H and O–H groups in total. The second-order valence-corrected chi connectivity index (χ2v) is 7.33. The Hall–Kier alpha value is -3.48. The molecule has 0 amide bonds. The molecule has 140 valence electrons. The second kappa shape index (κ2) is 6.30. The largest absolute Gasteiger partial charge is 0.384 e. The van der Waals surface area contributed by atoms with E-state index in [1.165, 1.54) is 5.56 Å². The van der Waals surface area contributed by atoms with E-state index >= 15 is 0 Å². The SMILES string of the molecule is Cn1cnc(-c2nc(C3(c4ccc(-c5ccc(N)nc5)cc4)CCC3)no2)c1. The molecular formula is C21H20N6O. The minimum absolute atomic E-state index is 0.186. The van der Waals surface area contributed by atoms with E-state index in [0.717, 1.165) is 36.2 Å². The molecule has 0 radical (unpaired) electrons. The van der Waals surface area contributed by atoms with E-state index in [9.17, 15) is 0 Å². The van der Waals surface area contributed by atoms with Gasteiger partial charge in [0.05, 0.1) is 11.7 Å². The van der Waals surface area contributed by atoms with Crippen molar-refractivity contribution in [1.29, 1.82) is 0 Å². The van der Waals surface area contributed by atoms with Gasteiger partial charge >= 0.3 is 0 Å². The maximum atomic E-state index is 5.68. The summed E-state index contributed by atoms with van der Waals surface area (Å²) in [6.45, 7) is 0. The predicted octanol–water partition coefficient (Wildman–Crippen LogP) is 3.58. The first kappa shape index (κ1) is 16.7. The van der Waals surface area contributed by atoms with Crippen molar-refractivity contribution in [2.45, 2.75) is 24.7 Å². The molecule has 1 saturated carbocycles. The summed E-state index contributed by atoms with van der Waals surface area (Å²) in [5.74, 6) is 1.72. The Morgan fingerprint density at radius 2 is 1.82 bits per heavy atom. The molecular weight excluding hydrogens is 352 g/mol. The van der Waals surface area contributed by atoms with Gasteiger partial charge in [-0.15, -0.1) is 0 Å². The van der Waals surface area contributed by atoms with E-state index in [-0.39, 0.29) is 5.41 Å². The highest BCUT2D eigenvalue weighted by atomic mass is 16.5. The average Bonchev–Trinajstić information content (AvgIpc) is 3.32. The molecule has 0 spiro atoms. The van der Waals surface area contributed by atoms with Gasteiger partial charge in [0, 0.05) is 25.0 Å². The number of nitrogens with two attached hydrogens (primary N) is 1. The van der Waals surface area contributed by atoms with E-state index in [1.54, 1.807) is 12.5 Å². The van der Waals surface area contributed by atoms with Crippen LogP contribution < -0.4 is 5.73 Å². The fraction of sp³-hybridized carbons (Fsp3) is 0.238. The van der Waals surface area contributed by atoms with Crippen LogP contribution in [-0.4, -0.2) is 24.7 Å². The van der Waals surface area contributed by atoms with E-state index in [0.29, 0.717) is 17.4 Å². The quantitative estimate of drug-likeness (QED) is 0.588. The topological polar surface area (TPSA) is 95.7 Å². The van der Waals surface area contributed by atoms with Crippen LogP contribution in [0.2, 0.25) is 0 Å². The first-order chi connectivity index (χ1) is 13.6. The van der Waals surface area contributed by atoms with Crippen LogP contribution >= 0.6 is 0 Å². The van der Waals surface area contributed by atoms with Crippen molar-refractivity contribution in [2.75, 3.05) is 5.73 Å². The molecule has 1 aliphatic carbocycles. The number of imidazole rings is 1. The molecule has 0 bridgehead atoms. The molecule has 7 nitrogen and oxygen atoms in total. The number of rotatable bonds is 4. The van der Waals surface area contributed by atoms with Crippen molar-refractivity contribution in [3.63, 3.8) is 0 Å². The minimum atomic E-state index is -0.186. The number of hydrogen-bond donors (Lipinski definition) is 1. The molecule has 3 heterocycles. The Bertz CT molecular complexity index is 1110. The smallest absolute Gasteiger partial charge is 0.278 e. The van der Waals surface area contributed by atoms with Crippen LogP contribution in [0.1, 0.15) is 30.7 Å². The van der Waals surface area contributed by atoms with Crippen molar-refractivity contribution in [1.82, 2.24) is 24.7 Å². The summed E-state index contributed by atoms with van der Waals surface area (Å²) in [5, 5.41) is 4.30. The number of hydrogen-bond acceptors (Lipinski definition) is 6. The van der Waals surface area contributed by atoms with Crippen molar-refractivity contribution in [2.24, 2.45) is 7.05 Å². The van der Waals surface area contributed by atoms with Gasteiger partial charge in [-0.2, -0.15) is 4.98 Å². The summed E-state index contributed by atoms with van der Waals surface area (Å²) < 4.78 is 7.38. The lowest BCUT2D eigenvalue weighted by Crippen LogP contribution is -2.36. The summed E-state index contributed by atoms with van der Waals surface area (Å²) >= 11 is 0. The lowest BCUT2D eigenvalue weighted by molar-refractivity contribution is 0.273. The highest BCUT2D eigenvalue weighted by molar-refractivity contribution is 5.64. The number of benzene rings is 1. The fourth-order valence-corrected chi connectivity index (χ4v) is 3.77. The lowest BCUT2D eigenvalue weighted by atomic mass is 9.64. The summed E-state index contributed by atoms with van der Waals surface area (Å²) in [6, 6.07) is 12.3. The van der Waals surface area contributed by atoms with Crippen LogP contribution in [0.4, 0.5) is 5.82 Å². The van der Waals surface area contributed by atoms with Crippen LogP contribution in [0.15, 0.2) is 59.6 Å². The molecule has 0 unspecified atom stereocenters.